The number of nitrogens with one attached hydrogen (secondary N) is 1. The zero-order valence-corrected chi connectivity index (χ0v) is 11.7. The molecule has 1 heterocycles. The minimum atomic E-state index is 0.772. The molecule has 0 amide bonds. The van der Waals surface area contributed by atoms with Crippen LogP contribution < -0.4 is 5.32 Å². The second kappa shape index (κ2) is 11.4. The van der Waals surface area contributed by atoms with E-state index in [0.717, 1.165) is 25.0 Å². The third kappa shape index (κ3) is 9.17. The standard InChI is InChI=1S/C12H25NO.C2H6/c1-11(2)5-9-14-10-6-12-3-7-13-8-4-12;1-2/h11-13H,3-10H2,1-2H3;1-2H3. The van der Waals surface area contributed by atoms with E-state index in [0.29, 0.717) is 0 Å². The van der Waals surface area contributed by atoms with Crippen LogP contribution in [0.3, 0.4) is 0 Å². The summed E-state index contributed by atoms with van der Waals surface area (Å²) in [6.07, 6.45) is 5.15. The molecule has 1 rings (SSSR count). The minimum absolute atomic E-state index is 0.772. The summed E-state index contributed by atoms with van der Waals surface area (Å²) in [7, 11) is 0. The molecule has 1 N–H and O–H groups in total. The highest BCUT2D eigenvalue weighted by molar-refractivity contribution is 4.67. The molecule has 0 saturated carbocycles. The number of ether oxygens (including phenoxy) is 1. The van der Waals surface area contributed by atoms with Crippen LogP contribution in [0, 0.1) is 11.8 Å². The zero-order valence-electron chi connectivity index (χ0n) is 11.7. The predicted octanol–water partition coefficient (Wildman–Crippen LogP) is 3.47. The minimum Gasteiger partial charge on any atom is -0.381 e. The maximum Gasteiger partial charge on any atom is 0.0468 e. The van der Waals surface area contributed by atoms with Crippen molar-refractivity contribution < 1.29 is 4.74 Å². The molecule has 0 aromatic heterocycles. The van der Waals surface area contributed by atoms with Gasteiger partial charge in [0.25, 0.3) is 0 Å². The van der Waals surface area contributed by atoms with Gasteiger partial charge in [-0.15, -0.1) is 0 Å². The Bertz CT molecular complexity index is 131. The molecule has 0 unspecified atom stereocenters. The van der Waals surface area contributed by atoms with Gasteiger partial charge in [-0.1, -0.05) is 27.7 Å². The van der Waals surface area contributed by atoms with Crippen molar-refractivity contribution in [2.24, 2.45) is 11.8 Å². The first-order valence-electron chi connectivity index (χ1n) is 7.07. The van der Waals surface area contributed by atoms with Crippen molar-refractivity contribution in [1.29, 1.82) is 0 Å². The first-order valence-corrected chi connectivity index (χ1v) is 7.07. The molecule has 0 aromatic carbocycles. The van der Waals surface area contributed by atoms with Gasteiger partial charge in [0, 0.05) is 13.2 Å². The fourth-order valence-electron chi connectivity index (χ4n) is 1.84. The molecule has 2 nitrogen and oxygen atoms in total. The molecule has 1 aliphatic rings. The molecule has 16 heavy (non-hydrogen) atoms. The Morgan fingerprint density at radius 1 is 1.12 bits per heavy atom. The smallest absolute Gasteiger partial charge is 0.0468 e. The molecular formula is C14H31NO. The highest BCUT2D eigenvalue weighted by Gasteiger charge is 2.12. The van der Waals surface area contributed by atoms with Gasteiger partial charge in [-0.25, -0.2) is 0 Å². The summed E-state index contributed by atoms with van der Waals surface area (Å²) in [4.78, 5) is 0. The van der Waals surface area contributed by atoms with Crippen molar-refractivity contribution in [2.75, 3.05) is 26.3 Å². The summed E-state index contributed by atoms with van der Waals surface area (Å²) >= 11 is 0. The Morgan fingerprint density at radius 2 is 1.75 bits per heavy atom. The number of hydrogen-bond acceptors (Lipinski definition) is 2. The average molecular weight is 229 g/mol. The van der Waals surface area contributed by atoms with Crippen LogP contribution in [0.15, 0.2) is 0 Å². The number of rotatable bonds is 6. The summed E-state index contributed by atoms with van der Waals surface area (Å²) in [5.74, 6) is 1.68. The number of piperidine rings is 1. The van der Waals surface area contributed by atoms with Crippen molar-refractivity contribution in [3.05, 3.63) is 0 Å². The van der Waals surface area contributed by atoms with Crippen molar-refractivity contribution in [3.63, 3.8) is 0 Å². The van der Waals surface area contributed by atoms with Crippen molar-refractivity contribution in [3.8, 4) is 0 Å². The fourth-order valence-corrected chi connectivity index (χ4v) is 1.84. The highest BCUT2D eigenvalue weighted by atomic mass is 16.5. The lowest BCUT2D eigenvalue weighted by atomic mass is 9.95. The van der Waals surface area contributed by atoms with Gasteiger partial charge in [-0.05, 0) is 50.6 Å². The molecule has 0 aromatic rings. The largest absolute Gasteiger partial charge is 0.381 e. The van der Waals surface area contributed by atoms with Crippen molar-refractivity contribution in [2.45, 2.75) is 53.4 Å². The van der Waals surface area contributed by atoms with Gasteiger partial charge in [0.1, 0.15) is 0 Å². The van der Waals surface area contributed by atoms with E-state index in [9.17, 15) is 0 Å². The van der Waals surface area contributed by atoms with Crippen molar-refractivity contribution in [1.82, 2.24) is 5.32 Å². The van der Waals surface area contributed by atoms with E-state index in [-0.39, 0.29) is 0 Å². The second-order valence-electron chi connectivity index (χ2n) is 4.78. The molecule has 2 heteroatoms. The van der Waals surface area contributed by atoms with E-state index in [2.05, 4.69) is 19.2 Å². The van der Waals surface area contributed by atoms with E-state index >= 15 is 0 Å². The van der Waals surface area contributed by atoms with Crippen LogP contribution in [0.25, 0.3) is 0 Å². The van der Waals surface area contributed by atoms with Gasteiger partial charge in [-0.3, -0.25) is 0 Å². The van der Waals surface area contributed by atoms with Crippen LogP contribution >= 0.6 is 0 Å². The molecule has 0 radical (unpaired) electrons. The van der Waals surface area contributed by atoms with E-state index in [4.69, 9.17) is 4.74 Å². The van der Waals surface area contributed by atoms with Crippen LogP contribution in [0.4, 0.5) is 0 Å². The lowest BCUT2D eigenvalue weighted by Gasteiger charge is -2.22. The topological polar surface area (TPSA) is 21.3 Å². The van der Waals surface area contributed by atoms with Crippen LogP contribution in [-0.4, -0.2) is 26.3 Å². The summed E-state index contributed by atoms with van der Waals surface area (Å²) in [5.41, 5.74) is 0. The Morgan fingerprint density at radius 3 is 2.31 bits per heavy atom. The lowest BCUT2D eigenvalue weighted by Crippen LogP contribution is -2.28. The van der Waals surface area contributed by atoms with Gasteiger partial charge in [0.2, 0.25) is 0 Å². The zero-order chi connectivity index (χ0) is 12.2. The van der Waals surface area contributed by atoms with Gasteiger partial charge in [0.05, 0.1) is 0 Å². The maximum absolute atomic E-state index is 5.63. The molecule has 1 fully saturated rings. The van der Waals surface area contributed by atoms with Gasteiger partial charge >= 0.3 is 0 Å². The molecule has 0 bridgehead atoms. The van der Waals surface area contributed by atoms with Gasteiger partial charge in [0.15, 0.2) is 0 Å². The van der Waals surface area contributed by atoms with Crippen LogP contribution in [0.2, 0.25) is 0 Å². The van der Waals surface area contributed by atoms with Gasteiger partial charge in [-0.2, -0.15) is 0 Å². The lowest BCUT2D eigenvalue weighted by molar-refractivity contribution is 0.106. The molecule has 98 valence electrons. The second-order valence-corrected chi connectivity index (χ2v) is 4.78. The summed E-state index contributed by atoms with van der Waals surface area (Å²) < 4.78 is 5.63. The van der Waals surface area contributed by atoms with E-state index < -0.39 is 0 Å². The maximum atomic E-state index is 5.63. The first-order chi connectivity index (χ1) is 7.79. The molecule has 1 saturated heterocycles. The van der Waals surface area contributed by atoms with Gasteiger partial charge < -0.3 is 10.1 Å². The Hall–Kier alpha value is -0.0800. The fraction of sp³-hybridized carbons (Fsp3) is 1.00. The molecule has 0 atom stereocenters. The molecule has 0 aliphatic carbocycles. The predicted molar refractivity (Wildman–Crippen MR) is 71.8 cm³/mol. The Balaban J connectivity index is 0.00000106. The number of hydrogen-bond donors (Lipinski definition) is 1. The van der Waals surface area contributed by atoms with E-state index in [1.807, 2.05) is 13.8 Å². The third-order valence-electron chi connectivity index (χ3n) is 2.97. The monoisotopic (exact) mass is 229 g/mol. The molecular weight excluding hydrogens is 198 g/mol. The quantitative estimate of drug-likeness (QED) is 0.704. The summed E-state index contributed by atoms with van der Waals surface area (Å²) in [6.45, 7) is 12.8. The summed E-state index contributed by atoms with van der Waals surface area (Å²) in [5, 5.41) is 3.39. The van der Waals surface area contributed by atoms with E-state index in [1.54, 1.807) is 0 Å². The van der Waals surface area contributed by atoms with E-state index in [1.165, 1.54) is 38.8 Å². The van der Waals surface area contributed by atoms with Crippen molar-refractivity contribution >= 4 is 0 Å². The Labute approximate surface area is 102 Å². The SMILES string of the molecule is CC.CC(C)CCOCCC1CCNCC1. The highest BCUT2D eigenvalue weighted by Crippen LogP contribution is 2.15. The average Bonchev–Trinajstić information content (AvgIpc) is 2.32. The molecule has 1 aliphatic heterocycles. The van der Waals surface area contributed by atoms with Crippen LogP contribution in [0.5, 0.6) is 0 Å². The molecule has 0 spiro atoms. The third-order valence-corrected chi connectivity index (χ3v) is 2.97. The van der Waals surface area contributed by atoms with Crippen LogP contribution in [0.1, 0.15) is 53.4 Å². The summed E-state index contributed by atoms with van der Waals surface area (Å²) in [6, 6.07) is 0. The van der Waals surface area contributed by atoms with Crippen LogP contribution in [-0.2, 0) is 4.74 Å². The first kappa shape index (κ1) is 15.9. The normalized spacial score (nSPS) is 17.1. The Kier molecular flexibility index (Phi) is 11.3.